The Bertz CT molecular complexity index is 364. The molecule has 1 saturated heterocycles. The van der Waals surface area contributed by atoms with Crippen LogP contribution in [0.4, 0.5) is 4.79 Å². The Kier molecular flexibility index (Phi) is 5.57. The van der Waals surface area contributed by atoms with Gasteiger partial charge in [0.05, 0.1) is 0 Å². The van der Waals surface area contributed by atoms with Crippen molar-refractivity contribution < 1.29 is 14.7 Å². The number of carbonyl (C=O) groups is 2. The molecule has 3 atom stereocenters. The van der Waals surface area contributed by atoms with Crippen molar-refractivity contribution in [2.45, 2.75) is 49.8 Å². The van der Waals surface area contributed by atoms with E-state index in [1.807, 2.05) is 11.8 Å². The van der Waals surface area contributed by atoms with Gasteiger partial charge in [0, 0.05) is 30.8 Å². The summed E-state index contributed by atoms with van der Waals surface area (Å²) < 4.78 is 0. The molecule has 0 aromatic rings. The van der Waals surface area contributed by atoms with Crippen molar-refractivity contribution in [3.63, 3.8) is 0 Å². The molecule has 1 saturated carbocycles. The molecule has 1 aliphatic heterocycles. The van der Waals surface area contributed by atoms with E-state index in [0.717, 1.165) is 12.8 Å². The molecule has 20 heavy (non-hydrogen) atoms. The van der Waals surface area contributed by atoms with Crippen LogP contribution in [-0.4, -0.2) is 52.6 Å². The number of nitrogens with zero attached hydrogens (tertiary/aromatic N) is 1. The van der Waals surface area contributed by atoms with E-state index in [-0.39, 0.29) is 24.4 Å². The number of hydrogen-bond acceptors (Lipinski definition) is 3. The van der Waals surface area contributed by atoms with Gasteiger partial charge in [0.2, 0.25) is 0 Å². The highest BCUT2D eigenvalue weighted by atomic mass is 32.2. The Labute approximate surface area is 124 Å². The molecule has 2 rings (SSSR count). The summed E-state index contributed by atoms with van der Waals surface area (Å²) in [6.07, 6.45) is 7.74. The first-order valence-corrected chi connectivity index (χ1v) is 8.69. The second kappa shape index (κ2) is 7.20. The molecule has 5 nitrogen and oxygen atoms in total. The molecule has 0 radical (unpaired) electrons. The number of likely N-dealkylation sites (tertiary alicyclic amines) is 1. The lowest BCUT2D eigenvalue weighted by Gasteiger charge is -2.32. The fourth-order valence-corrected chi connectivity index (χ4v) is 4.16. The fraction of sp³-hybridized carbons (Fsp3) is 0.857. The number of amides is 2. The van der Waals surface area contributed by atoms with E-state index in [2.05, 4.69) is 11.6 Å². The van der Waals surface area contributed by atoms with Crippen molar-refractivity contribution >= 4 is 23.8 Å². The van der Waals surface area contributed by atoms with Gasteiger partial charge in [0.15, 0.2) is 0 Å². The molecule has 2 amide bonds. The Morgan fingerprint density at radius 2 is 2.05 bits per heavy atom. The van der Waals surface area contributed by atoms with Gasteiger partial charge in [-0.3, -0.25) is 4.79 Å². The third kappa shape index (κ3) is 4.04. The maximum Gasteiger partial charge on any atom is 0.317 e. The Morgan fingerprint density at radius 3 is 2.75 bits per heavy atom. The number of carboxylic acid groups (broad SMARTS) is 1. The molecule has 0 spiro atoms. The van der Waals surface area contributed by atoms with E-state index in [1.54, 1.807) is 4.90 Å². The monoisotopic (exact) mass is 300 g/mol. The molecule has 0 bridgehead atoms. The van der Waals surface area contributed by atoms with Crippen LogP contribution in [0.15, 0.2) is 0 Å². The Hall–Kier alpha value is -0.910. The highest BCUT2D eigenvalue weighted by Gasteiger charge is 2.31. The maximum absolute atomic E-state index is 12.3. The third-order valence-corrected chi connectivity index (χ3v) is 5.52. The van der Waals surface area contributed by atoms with Crippen LogP contribution in [-0.2, 0) is 4.79 Å². The first-order chi connectivity index (χ1) is 9.60. The molecule has 2 aliphatic rings. The smallest absolute Gasteiger partial charge is 0.317 e. The normalized spacial score (nSPS) is 30.2. The SMILES string of the molecule is CSC1CCCCC1NC(=O)N1CCC(CC(=O)O)C1. The van der Waals surface area contributed by atoms with Gasteiger partial charge in [-0.1, -0.05) is 12.8 Å². The van der Waals surface area contributed by atoms with Gasteiger partial charge in [0.1, 0.15) is 0 Å². The minimum atomic E-state index is -0.771. The predicted octanol–water partition coefficient (Wildman–Crippen LogP) is 2.17. The fourth-order valence-electron chi connectivity index (χ4n) is 3.22. The summed E-state index contributed by atoms with van der Waals surface area (Å²) in [5.41, 5.74) is 0. The predicted molar refractivity (Wildman–Crippen MR) is 80.0 cm³/mol. The number of urea groups is 1. The van der Waals surface area contributed by atoms with E-state index in [9.17, 15) is 9.59 Å². The van der Waals surface area contributed by atoms with Crippen LogP contribution in [0.3, 0.4) is 0 Å². The summed E-state index contributed by atoms with van der Waals surface area (Å²) >= 11 is 1.84. The molecule has 1 heterocycles. The lowest BCUT2D eigenvalue weighted by molar-refractivity contribution is -0.138. The molecular weight excluding hydrogens is 276 g/mol. The minimum Gasteiger partial charge on any atom is -0.481 e. The van der Waals surface area contributed by atoms with Crippen molar-refractivity contribution in [2.24, 2.45) is 5.92 Å². The summed E-state index contributed by atoms with van der Waals surface area (Å²) in [4.78, 5) is 24.8. The van der Waals surface area contributed by atoms with E-state index in [1.165, 1.54) is 19.3 Å². The first kappa shape index (κ1) is 15.5. The molecule has 1 aliphatic carbocycles. The average Bonchev–Trinajstić information content (AvgIpc) is 2.87. The number of carbonyl (C=O) groups excluding carboxylic acids is 1. The van der Waals surface area contributed by atoms with E-state index in [4.69, 9.17) is 5.11 Å². The van der Waals surface area contributed by atoms with Gasteiger partial charge in [-0.2, -0.15) is 11.8 Å². The number of hydrogen-bond donors (Lipinski definition) is 2. The van der Waals surface area contributed by atoms with Gasteiger partial charge in [-0.25, -0.2) is 4.79 Å². The summed E-state index contributed by atoms with van der Waals surface area (Å²) in [7, 11) is 0. The highest BCUT2D eigenvalue weighted by molar-refractivity contribution is 7.99. The molecule has 3 unspecified atom stereocenters. The number of nitrogens with one attached hydrogen (secondary N) is 1. The minimum absolute atomic E-state index is 0.0103. The maximum atomic E-state index is 12.3. The van der Waals surface area contributed by atoms with Crippen molar-refractivity contribution in [3.8, 4) is 0 Å². The summed E-state index contributed by atoms with van der Waals surface area (Å²) in [5.74, 6) is -0.659. The summed E-state index contributed by atoms with van der Waals surface area (Å²) in [6, 6.07) is 0.258. The second-order valence-corrected chi connectivity index (χ2v) is 6.89. The number of rotatable bonds is 4. The van der Waals surface area contributed by atoms with Crippen LogP contribution < -0.4 is 5.32 Å². The Balaban J connectivity index is 1.81. The van der Waals surface area contributed by atoms with Crippen molar-refractivity contribution in [2.75, 3.05) is 19.3 Å². The van der Waals surface area contributed by atoms with Gasteiger partial charge in [-0.15, -0.1) is 0 Å². The van der Waals surface area contributed by atoms with Crippen LogP contribution in [0.25, 0.3) is 0 Å². The van der Waals surface area contributed by atoms with Crippen LogP contribution in [0.2, 0.25) is 0 Å². The zero-order valence-corrected chi connectivity index (χ0v) is 12.8. The van der Waals surface area contributed by atoms with E-state index in [0.29, 0.717) is 18.3 Å². The van der Waals surface area contributed by atoms with Crippen LogP contribution in [0, 0.1) is 5.92 Å². The lowest BCUT2D eigenvalue weighted by atomic mass is 9.95. The van der Waals surface area contributed by atoms with Crippen molar-refractivity contribution in [3.05, 3.63) is 0 Å². The van der Waals surface area contributed by atoms with Crippen molar-refractivity contribution in [1.82, 2.24) is 10.2 Å². The molecule has 0 aromatic heterocycles. The topological polar surface area (TPSA) is 69.6 Å². The standard InChI is InChI=1S/C14H24N2O3S/c1-20-12-5-3-2-4-11(12)15-14(19)16-7-6-10(9-16)8-13(17)18/h10-12H,2-9H2,1H3,(H,15,19)(H,17,18). The molecule has 114 valence electrons. The zero-order chi connectivity index (χ0) is 14.5. The van der Waals surface area contributed by atoms with Gasteiger partial charge in [-0.05, 0) is 31.4 Å². The number of carboxylic acids is 1. The number of thioether (sulfide) groups is 1. The molecule has 0 aromatic carbocycles. The Morgan fingerprint density at radius 1 is 1.30 bits per heavy atom. The second-order valence-electron chi connectivity index (χ2n) is 5.81. The van der Waals surface area contributed by atoms with Gasteiger partial charge in [0.25, 0.3) is 0 Å². The van der Waals surface area contributed by atoms with Gasteiger partial charge >= 0.3 is 12.0 Å². The summed E-state index contributed by atoms with van der Waals surface area (Å²) in [5, 5.41) is 12.5. The average molecular weight is 300 g/mol. The van der Waals surface area contributed by atoms with E-state index < -0.39 is 5.97 Å². The largest absolute Gasteiger partial charge is 0.481 e. The van der Waals surface area contributed by atoms with E-state index >= 15 is 0 Å². The third-order valence-electron chi connectivity index (χ3n) is 4.35. The van der Waals surface area contributed by atoms with Gasteiger partial charge < -0.3 is 15.3 Å². The van der Waals surface area contributed by atoms with Crippen LogP contribution in [0.1, 0.15) is 38.5 Å². The molecular formula is C14H24N2O3S. The first-order valence-electron chi connectivity index (χ1n) is 7.40. The zero-order valence-electron chi connectivity index (χ0n) is 12.0. The van der Waals surface area contributed by atoms with Crippen molar-refractivity contribution in [1.29, 1.82) is 0 Å². The molecule has 6 heteroatoms. The van der Waals surface area contributed by atoms with Crippen LogP contribution in [0.5, 0.6) is 0 Å². The molecule has 2 N–H and O–H groups in total. The number of aliphatic carboxylic acids is 1. The quantitative estimate of drug-likeness (QED) is 0.835. The lowest BCUT2D eigenvalue weighted by Crippen LogP contribution is -2.49. The summed E-state index contributed by atoms with van der Waals surface area (Å²) in [6.45, 7) is 1.26. The molecule has 2 fully saturated rings. The van der Waals surface area contributed by atoms with Crippen LogP contribution >= 0.6 is 11.8 Å². The highest BCUT2D eigenvalue weighted by Crippen LogP contribution is 2.27.